The van der Waals surface area contributed by atoms with Crippen LogP contribution in [0.3, 0.4) is 0 Å². The van der Waals surface area contributed by atoms with Crippen molar-refractivity contribution < 1.29 is 9.90 Å². The molecule has 1 amide bonds. The fourth-order valence-electron chi connectivity index (χ4n) is 3.66. The van der Waals surface area contributed by atoms with Gasteiger partial charge in [0.15, 0.2) is 0 Å². The van der Waals surface area contributed by atoms with E-state index in [0.717, 1.165) is 35.3 Å². The molecule has 2 heterocycles. The lowest BCUT2D eigenvalue weighted by Crippen LogP contribution is -2.38. The van der Waals surface area contributed by atoms with Gasteiger partial charge in [-0.05, 0) is 30.5 Å². The number of H-pyrrole nitrogens is 1. The molecule has 1 aliphatic rings. The molecule has 1 aliphatic heterocycles. The Morgan fingerprint density at radius 1 is 1.12 bits per heavy atom. The van der Waals surface area contributed by atoms with E-state index < -0.39 is 6.10 Å². The number of aromatic nitrogens is 2. The van der Waals surface area contributed by atoms with Crippen molar-refractivity contribution in [3.05, 3.63) is 66.0 Å². The molecule has 3 aromatic rings. The van der Waals surface area contributed by atoms with Gasteiger partial charge >= 0.3 is 0 Å². The van der Waals surface area contributed by atoms with E-state index in [1.165, 1.54) is 0 Å². The van der Waals surface area contributed by atoms with Gasteiger partial charge in [0.25, 0.3) is 0 Å². The van der Waals surface area contributed by atoms with Crippen LogP contribution in [0.15, 0.2) is 54.6 Å². The first kappa shape index (κ1) is 16.8. The molecule has 134 valence electrons. The minimum atomic E-state index is -0.739. The number of hydrogen-bond donors (Lipinski definition) is 2. The standard InChI is InChI=1S/C21H23N3O2/c25-19(15-6-2-1-3-7-15)14-20(26)24-12-10-16(11-13-24)21-22-17-8-4-5-9-18(17)23-21/h1-9,16,19,25H,10-14H2,(H,22,23). The molecule has 5 nitrogen and oxygen atoms in total. The van der Waals surface area contributed by atoms with Crippen molar-refractivity contribution in [1.82, 2.24) is 14.9 Å². The molecule has 0 radical (unpaired) electrons. The van der Waals surface area contributed by atoms with E-state index in [9.17, 15) is 9.90 Å². The van der Waals surface area contributed by atoms with Crippen LogP contribution in [-0.4, -0.2) is 39.0 Å². The predicted molar refractivity (Wildman–Crippen MR) is 101 cm³/mol. The van der Waals surface area contributed by atoms with Gasteiger partial charge in [0.1, 0.15) is 5.82 Å². The fourth-order valence-corrected chi connectivity index (χ4v) is 3.66. The van der Waals surface area contributed by atoms with E-state index in [2.05, 4.69) is 4.98 Å². The summed E-state index contributed by atoms with van der Waals surface area (Å²) in [5, 5.41) is 10.3. The molecule has 1 aromatic heterocycles. The SMILES string of the molecule is O=C(CC(O)c1ccccc1)N1CCC(c2nc3ccccc3[nH]2)CC1. The number of amides is 1. The normalized spacial score (nSPS) is 16.7. The van der Waals surface area contributed by atoms with Gasteiger partial charge in [-0.3, -0.25) is 4.79 Å². The Morgan fingerprint density at radius 2 is 1.81 bits per heavy atom. The van der Waals surface area contributed by atoms with Gasteiger partial charge in [-0.2, -0.15) is 0 Å². The highest BCUT2D eigenvalue weighted by atomic mass is 16.3. The largest absolute Gasteiger partial charge is 0.388 e. The zero-order valence-electron chi connectivity index (χ0n) is 14.6. The maximum atomic E-state index is 12.5. The number of rotatable bonds is 4. The second-order valence-electron chi connectivity index (χ2n) is 6.92. The third kappa shape index (κ3) is 3.48. The van der Waals surface area contributed by atoms with Crippen molar-refractivity contribution in [2.75, 3.05) is 13.1 Å². The van der Waals surface area contributed by atoms with Crippen molar-refractivity contribution in [3.63, 3.8) is 0 Å². The summed E-state index contributed by atoms with van der Waals surface area (Å²) in [7, 11) is 0. The number of aliphatic hydroxyl groups is 1. The number of para-hydroxylation sites is 2. The van der Waals surface area contributed by atoms with Gasteiger partial charge in [0.2, 0.25) is 5.91 Å². The lowest BCUT2D eigenvalue weighted by Gasteiger charge is -2.31. The first-order valence-electron chi connectivity index (χ1n) is 9.16. The number of likely N-dealkylation sites (tertiary alicyclic amines) is 1. The maximum absolute atomic E-state index is 12.5. The highest BCUT2D eigenvalue weighted by Gasteiger charge is 2.27. The number of hydrogen-bond acceptors (Lipinski definition) is 3. The molecule has 0 saturated carbocycles. The van der Waals surface area contributed by atoms with Crippen molar-refractivity contribution in [2.45, 2.75) is 31.3 Å². The van der Waals surface area contributed by atoms with Crippen LogP contribution >= 0.6 is 0 Å². The number of carbonyl (C=O) groups is 1. The minimum Gasteiger partial charge on any atom is -0.388 e. The van der Waals surface area contributed by atoms with E-state index in [1.54, 1.807) is 0 Å². The summed E-state index contributed by atoms with van der Waals surface area (Å²) in [6, 6.07) is 17.4. The Hall–Kier alpha value is -2.66. The molecule has 0 aliphatic carbocycles. The highest BCUT2D eigenvalue weighted by Crippen LogP contribution is 2.28. The first-order chi connectivity index (χ1) is 12.7. The molecule has 0 spiro atoms. The molecular weight excluding hydrogens is 326 g/mol. The van der Waals surface area contributed by atoms with Gasteiger partial charge in [0.05, 0.1) is 23.6 Å². The van der Waals surface area contributed by atoms with Gasteiger partial charge in [-0.25, -0.2) is 4.98 Å². The van der Waals surface area contributed by atoms with E-state index in [4.69, 9.17) is 4.98 Å². The zero-order valence-corrected chi connectivity index (χ0v) is 14.6. The second-order valence-corrected chi connectivity index (χ2v) is 6.92. The third-order valence-corrected chi connectivity index (χ3v) is 5.19. The number of benzene rings is 2. The Balaban J connectivity index is 1.35. The number of piperidine rings is 1. The third-order valence-electron chi connectivity index (χ3n) is 5.19. The van der Waals surface area contributed by atoms with Gasteiger partial charge in [-0.15, -0.1) is 0 Å². The van der Waals surface area contributed by atoms with Crippen LogP contribution in [0.5, 0.6) is 0 Å². The van der Waals surface area contributed by atoms with E-state index in [0.29, 0.717) is 19.0 Å². The van der Waals surface area contributed by atoms with Crippen molar-refractivity contribution in [2.24, 2.45) is 0 Å². The summed E-state index contributed by atoms with van der Waals surface area (Å²) in [6.45, 7) is 1.42. The summed E-state index contributed by atoms with van der Waals surface area (Å²) >= 11 is 0. The molecule has 1 atom stereocenters. The number of aromatic amines is 1. The van der Waals surface area contributed by atoms with Crippen LogP contribution in [-0.2, 0) is 4.79 Å². The number of nitrogens with one attached hydrogen (secondary N) is 1. The summed E-state index contributed by atoms with van der Waals surface area (Å²) < 4.78 is 0. The van der Waals surface area contributed by atoms with Gasteiger partial charge in [-0.1, -0.05) is 42.5 Å². The summed E-state index contributed by atoms with van der Waals surface area (Å²) in [5.74, 6) is 1.39. The van der Waals surface area contributed by atoms with Crippen LogP contribution in [0, 0.1) is 0 Å². The molecule has 5 heteroatoms. The second kappa shape index (κ2) is 7.30. The van der Waals surface area contributed by atoms with Crippen LogP contribution in [0.4, 0.5) is 0 Å². The molecular formula is C21H23N3O2. The topological polar surface area (TPSA) is 69.2 Å². The Labute approximate surface area is 152 Å². The Morgan fingerprint density at radius 3 is 2.54 bits per heavy atom. The summed E-state index contributed by atoms with van der Waals surface area (Å²) in [5.41, 5.74) is 2.84. The molecule has 2 N–H and O–H groups in total. The first-order valence-corrected chi connectivity index (χ1v) is 9.16. The average Bonchev–Trinajstić information content (AvgIpc) is 3.13. The van der Waals surface area contributed by atoms with Crippen LogP contribution in [0.1, 0.15) is 42.7 Å². The summed E-state index contributed by atoms with van der Waals surface area (Å²) in [4.78, 5) is 22.5. The number of nitrogens with zero attached hydrogens (tertiary/aromatic N) is 2. The highest BCUT2D eigenvalue weighted by molar-refractivity contribution is 5.77. The van der Waals surface area contributed by atoms with Crippen molar-refractivity contribution in [3.8, 4) is 0 Å². The minimum absolute atomic E-state index is 0.0180. The van der Waals surface area contributed by atoms with Gasteiger partial charge < -0.3 is 15.0 Å². The number of fused-ring (bicyclic) bond motifs is 1. The smallest absolute Gasteiger partial charge is 0.225 e. The Kier molecular flexibility index (Phi) is 4.71. The van der Waals surface area contributed by atoms with Crippen LogP contribution in [0.2, 0.25) is 0 Å². The van der Waals surface area contributed by atoms with Crippen molar-refractivity contribution in [1.29, 1.82) is 0 Å². The number of carbonyl (C=O) groups excluding carboxylic acids is 1. The van der Waals surface area contributed by atoms with E-state index in [1.807, 2.05) is 59.5 Å². The van der Waals surface area contributed by atoms with Crippen molar-refractivity contribution >= 4 is 16.9 Å². The lowest BCUT2D eigenvalue weighted by atomic mass is 9.95. The lowest BCUT2D eigenvalue weighted by molar-refractivity contribution is -0.134. The van der Waals surface area contributed by atoms with Crippen LogP contribution in [0.25, 0.3) is 11.0 Å². The fraction of sp³-hybridized carbons (Fsp3) is 0.333. The zero-order chi connectivity index (χ0) is 17.9. The predicted octanol–water partition coefficient (Wildman–Crippen LogP) is 3.39. The van der Waals surface area contributed by atoms with E-state index >= 15 is 0 Å². The van der Waals surface area contributed by atoms with E-state index in [-0.39, 0.29) is 12.3 Å². The molecule has 1 fully saturated rings. The average molecular weight is 349 g/mol. The molecule has 2 aromatic carbocycles. The summed E-state index contributed by atoms with van der Waals surface area (Å²) in [6.07, 6.45) is 1.19. The van der Waals surface area contributed by atoms with Gasteiger partial charge in [0, 0.05) is 19.0 Å². The monoisotopic (exact) mass is 349 g/mol. The quantitative estimate of drug-likeness (QED) is 0.758. The molecule has 4 rings (SSSR count). The molecule has 26 heavy (non-hydrogen) atoms. The maximum Gasteiger partial charge on any atom is 0.225 e. The number of imidazole rings is 1. The molecule has 1 saturated heterocycles. The molecule has 0 bridgehead atoms. The number of aliphatic hydroxyl groups excluding tert-OH is 1. The van der Waals surface area contributed by atoms with Crippen LogP contribution < -0.4 is 0 Å². The molecule has 1 unspecified atom stereocenters. The Bertz CT molecular complexity index is 849.